The number of nitrogens with one attached hydrogen (secondary N) is 1. The van der Waals surface area contributed by atoms with Crippen molar-refractivity contribution in [3.05, 3.63) is 34.9 Å². The second-order valence-corrected chi connectivity index (χ2v) is 5.98. The summed E-state index contributed by atoms with van der Waals surface area (Å²) < 4.78 is 0. The van der Waals surface area contributed by atoms with Gasteiger partial charge in [-0.2, -0.15) is 0 Å². The lowest BCUT2D eigenvalue weighted by Crippen LogP contribution is -2.26. The summed E-state index contributed by atoms with van der Waals surface area (Å²) in [7, 11) is 2.03. The smallest absolute Gasteiger partial charge is 0.0409 e. The Bertz CT molecular complexity index is 394. The van der Waals surface area contributed by atoms with Gasteiger partial charge in [-0.25, -0.2) is 0 Å². The summed E-state index contributed by atoms with van der Waals surface area (Å²) in [6.45, 7) is 6.03. The molecule has 2 atom stereocenters. The zero-order chi connectivity index (χ0) is 13.7. The first-order valence-electron chi connectivity index (χ1n) is 7.38. The van der Waals surface area contributed by atoms with Crippen molar-refractivity contribution >= 4 is 11.6 Å². The minimum atomic E-state index is 0.402. The topological polar surface area (TPSA) is 15.3 Å². The second-order valence-electron chi connectivity index (χ2n) is 5.55. The van der Waals surface area contributed by atoms with Crippen LogP contribution in [0.25, 0.3) is 0 Å². The van der Waals surface area contributed by atoms with Crippen LogP contribution in [0.2, 0.25) is 5.02 Å². The maximum Gasteiger partial charge on any atom is 0.0409 e. The Morgan fingerprint density at radius 3 is 2.95 bits per heavy atom. The summed E-state index contributed by atoms with van der Waals surface area (Å²) in [4.78, 5) is 2.60. The molecule has 0 amide bonds. The first-order chi connectivity index (χ1) is 9.22. The number of nitrogens with zero attached hydrogens (tertiary/aromatic N) is 1. The van der Waals surface area contributed by atoms with E-state index in [0.717, 1.165) is 17.4 Å². The van der Waals surface area contributed by atoms with Gasteiger partial charge in [0.05, 0.1) is 0 Å². The second kappa shape index (κ2) is 7.28. The third kappa shape index (κ3) is 4.20. The van der Waals surface area contributed by atoms with Crippen LogP contribution in [0, 0.1) is 5.92 Å². The van der Waals surface area contributed by atoms with Gasteiger partial charge in [-0.1, -0.05) is 37.1 Å². The first-order valence-corrected chi connectivity index (χ1v) is 7.75. The molecule has 106 valence electrons. The van der Waals surface area contributed by atoms with E-state index in [2.05, 4.69) is 29.3 Å². The zero-order valence-electron chi connectivity index (χ0n) is 12.0. The van der Waals surface area contributed by atoms with Crippen molar-refractivity contribution in [1.29, 1.82) is 0 Å². The van der Waals surface area contributed by atoms with Crippen molar-refractivity contribution < 1.29 is 0 Å². The lowest BCUT2D eigenvalue weighted by Gasteiger charge is -2.21. The molecular formula is C16H25ClN2. The molecule has 1 N–H and O–H groups in total. The van der Waals surface area contributed by atoms with Gasteiger partial charge in [-0.3, -0.25) is 0 Å². The minimum Gasteiger partial charge on any atom is -0.313 e. The van der Waals surface area contributed by atoms with Gasteiger partial charge in [0, 0.05) is 17.6 Å². The molecular weight excluding hydrogens is 256 g/mol. The molecule has 0 bridgehead atoms. The van der Waals surface area contributed by atoms with Crippen molar-refractivity contribution in [3.63, 3.8) is 0 Å². The van der Waals surface area contributed by atoms with Crippen LogP contribution in [0.15, 0.2) is 24.3 Å². The van der Waals surface area contributed by atoms with Crippen LogP contribution >= 0.6 is 11.6 Å². The Hall–Kier alpha value is -0.570. The van der Waals surface area contributed by atoms with E-state index in [9.17, 15) is 0 Å². The zero-order valence-corrected chi connectivity index (χ0v) is 12.8. The van der Waals surface area contributed by atoms with E-state index < -0.39 is 0 Å². The molecule has 1 heterocycles. The van der Waals surface area contributed by atoms with Crippen LogP contribution in [-0.2, 0) is 0 Å². The number of hydrogen-bond donors (Lipinski definition) is 1. The van der Waals surface area contributed by atoms with Gasteiger partial charge >= 0.3 is 0 Å². The lowest BCUT2D eigenvalue weighted by molar-refractivity contribution is 0.301. The maximum atomic E-state index is 6.07. The Morgan fingerprint density at radius 2 is 2.32 bits per heavy atom. The Labute approximate surface area is 122 Å². The molecule has 0 aromatic heterocycles. The quantitative estimate of drug-likeness (QED) is 0.854. The van der Waals surface area contributed by atoms with Gasteiger partial charge in [-0.05, 0) is 56.6 Å². The number of likely N-dealkylation sites (tertiary alicyclic amines) is 1. The van der Waals surface area contributed by atoms with Gasteiger partial charge in [-0.15, -0.1) is 0 Å². The van der Waals surface area contributed by atoms with Crippen molar-refractivity contribution in [2.75, 3.05) is 26.7 Å². The maximum absolute atomic E-state index is 6.07. The number of benzene rings is 1. The Morgan fingerprint density at radius 1 is 1.47 bits per heavy atom. The van der Waals surface area contributed by atoms with Crippen molar-refractivity contribution in [1.82, 2.24) is 10.2 Å². The SMILES string of the molecule is CCC1CCN(CCC(NC)c2cccc(Cl)c2)C1. The summed E-state index contributed by atoms with van der Waals surface area (Å²) in [5.41, 5.74) is 1.29. The largest absolute Gasteiger partial charge is 0.313 e. The Balaban J connectivity index is 1.86. The average Bonchev–Trinajstić information content (AvgIpc) is 2.87. The molecule has 19 heavy (non-hydrogen) atoms. The number of hydrogen-bond acceptors (Lipinski definition) is 2. The highest BCUT2D eigenvalue weighted by Gasteiger charge is 2.21. The molecule has 1 aliphatic rings. The third-order valence-electron chi connectivity index (χ3n) is 4.28. The molecule has 1 saturated heterocycles. The van der Waals surface area contributed by atoms with Crippen LogP contribution in [0.3, 0.4) is 0 Å². The molecule has 2 rings (SSSR count). The lowest BCUT2D eigenvalue weighted by atomic mass is 10.0. The fraction of sp³-hybridized carbons (Fsp3) is 0.625. The van der Waals surface area contributed by atoms with Crippen molar-refractivity contribution in [2.45, 2.75) is 32.2 Å². The normalized spacial score (nSPS) is 21.7. The van der Waals surface area contributed by atoms with Crippen LogP contribution in [0.4, 0.5) is 0 Å². The number of rotatable bonds is 6. The molecule has 0 spiro atoms. The van der Waals surface area contributed by atoms with E-state index in [1.165, 1.54) is 38.0 Å². The molecule has 1 aromatic rings. The van der Waals surface area contributed by atoms with E-state index in [0.29, 0.717) is 6.04 Å². The van der Waals surface area contributed by atoms with Crippen LogP contribution < -0.4 is 5.32 Å². The standard InChI is InChI=1S/C16H25ClN2/c1-3-13-7-9-19(12-13)10-8-16(18-2)14-5-4-6-15(17)11-14/h4-6,11,13,16,18H,3,7-10,12H2,1-2H3. The van der Waals surface area contributed by atoms with Gasteiger partial charge in [0.15, 0.2) is 0 Å². The summed E-state index contributed by atoms with van der Waals surface area (Å²) in [5, 5.41) is 4.23. The van der Waals surface area contributed by atoms with Crippen molar-refractivity contribution in [3.8, 4) is 0 Å². The monoisotopic (exact) mass is 280 g/mol. The summed E-state index contributed by atoms with van der Waals surface area (Å²) >= 11 is 6.07. The molecule has 2 unspecified atom stereocenters. The highest BCUT2D eigenvalue weighted by Crippen LogP contribution is 2.23. The predicted molar refractivity (Wildman–Crippen MR) is 82.7 cm³/mol. The molecule has 0 saturated carbocycles. The van der Waals surface area contributed by atoms with Crippen LogP contribution in [0.5, 0.6) is 0 Å². The highest BCUT2D eigenvalue weighted by atomic mass is 35.5. The van der Waals surface area contributed by atoms with Crippen LogP contribution in [0.1, 0.15) is 37.8 Å². The molecule has 0 radical (unpaired) electrons. The fourth-order valence-corrected chi connectivity index (χ4v) is 3.16. The van der Waals surface area contributed by atoms with E-state index in [-0.39, 0.29) is 0 Å². The van der Waals surface area contributed by atoms with Crippen LogP contribution in [-0.4, -0.2) is 31.6 Å². The third-order valence-corrected chi connectivity index (χ3v) is 4.52. The molecule has 1 fully saturated rings. The molecule has 1 aromatic carbocycles. The fourth-order valence-electron chi connectivity index (χ4n) is 2.96. The molecule has 2 nitrogen and oxygen atoms in total. The van der Waals surface area contributed by atoms with Gasteiger partial charge in [0.2, 0.25) is 0 Å². The molecule has 3 heteroatoms. The highest BCUT2D eigenvalue weighted by molar-refractivity contribution is 6.30. The minimum absolute atomic E-state index is 0.402. The predicted octanol–water partition coefficient (Wildman–Crippen LogP) is 3.72. The van der Waals surface area contributed by atoms with E-state index in [1.807, 2.05) is 19.2 Å². The van der Waals surface area contributed by atoms with Gasteiger partial charge in [0.25, 0.3) is 0 Å². The first kappa shape index (κ1) is 14.8. The van der Waals surface area contributed by atoms with E-state index in [4.69, 9.17) is 11.6 Å². The van der Waals surface area contributed by atoms with Gasteiger partial charge in [0.1, 0.15) is 0 Å². The summed E-state index contributed by atoms with van der Waals surface area (Å²) in [6, 6.07) is 8.60. The van der Waals surface area contributed by atoms with Crippen molar-refractivity contribution in [2.24, 2.45) is 5.92 Å². The number of halogens is 1. The average molecular weight is 281 g/mol. The van der Waals surface area contributed by atoms with Gasteiger partial charge < -0.3 is 10.2 Å². The summed E-state index contributed by atoms with van der Waals surface area (Å²) in [6.07, 6.45) is 3.84. The molecule has 0 aliphatic carbocycles. The van der Waals surface area contributed by atoms with E-state index in [1.54, 1.807) is 0 Å². The molecule has 1 aliphatic heterocycles. The Kier molecular flexibility index (Phi) is 5.68. The summed E-state index contributed by atoms with van der Waals surface area (Å²) in [5.74, 6) is 0.916. The van der Waals surface area contributed by atoms with E-state index >= 15 is 0 Å².